The fraction of sp³-hybridized carbons (Fsp3) is 0.154. The van der Waals surface area contributed by atoms with E-state index in [-0.39, 0.29) is 24.9 Å². The van der Waals surface area contributed by atoms with Crippen LogP contribution in [0.4, 0.5) is 5.69 Å². The largest absolute Gasteiger partial charge is 0.444 e. The summed E-state index contributed by atoms with van der Waals surface area (Å²) in [6.45, 7) is -0.267. The maximum Gasteiger partial charge on any atom is 0.243 e. The van der Waals surface area contributed by atoms with E-state index in [2.05, 4.69) is 15.6 Å². The van der Waals surface area contributed by atoms with E-state index < -0.39 is 0 Å². The first-order chi connectivity index (χ1) is 9.69. The van der Waals surface area contributed by atoms with Crippen molar-refractivity contribution < 1.29 is 14.0 Å². The van der Waals surface area contributed by atoms with Crippen LogP contribution in [0.25, 0.3) is 11.3 Å². The topological polar surface area (TPSA) is 110 Å². The first-order valence-corrected chi connectivity index (χ1v) is 5.94. The van der Waals surface area contributed by atoms with E-state index in [9.17, 15) is 9.59 Å². The number of aromatic nitrogens is 1. The molecule has 0 saturated heterocycles. The van der Waals surface area contributed by atoms with Gasteiger partial charge in [-0.15, -0.1) is 0 Å². The minimum Gasteiger partial charge on any atom is -0.444 e. The average molecular weight is 274 g/mol. The van der Waals surface area contributed by atoms with Crippen LogP contribution < -0.4 is 16.4 Å². The van der Waals surface area contributed by atoms with Gasteiger partial charge in [0.05, 0.1) is 19.3 Å². The van der Waals surface area contributed by atoms with Crippen LogP contribution >= 0.6 is 0 Å². The highest BCUT2D eigenvalue weighted by atomic mass is 16.3. The number of benzene rings is 1. The highest BCUT2D eigenvalue weighted by Gasteiger charge is 2.06. The van der Waals surface area contributed by atoms with Crippen LogP contribution in [-0.4, -0.2) is 29.9 Å². The standard InChI is InChI=1S/C13H14N4O3/c14-5-12(18)16-7-13(19)17-10-3-1-2-9(4-10)11-6-15-8-20-11/h1-4,6,8H,5,7,14H2,(H,16,18)(H,17,19). The Morgan fingerprint density at radius 2 is 2.15 bits per heavy atom. The first kappa shape index (κ1) is 13.8. The quantitative estimate of drug-likeness (QED) is 0.729. The summed E-state index contributed by atoms with van der Waals surface area (Å²) < 4.78 is 5.18. The molecule has 0 bridgehead atoms. The fourth-order valence-corrected chi connectivity index (χ4v) is 1.56. The van der Waals surface area contributed by atoms with Gasteiger partial charge in [-0.2, -0.15) is 0 Å². The van der Waals surface area contributed by atoms with Crippen LogP contribution in [-0.2, 0) is 9.59 Å². The Labute approximate surface area is 115 Å². The van der Waals surface area contributed by atoms with Crippen molar-refractivity contribution in [3.05, 3.63) is 36.9 Å². The summed E-state index contributed by atoms with van der Waals surface area (Å²) in [7, 11) is 0. The highest BCUT2D eigenvalue weighted by Crippen LogP contribution is 2.21. The van der Waals surface area contributed by atoms with E-state index in [0.29, 0.717) is 11.4 Å². The van der Waals surface area contributed by atoms with Crippen molar-refractivity contribution in [2.45, 2.75) is 0 Å². The van der Waals surface area contributed by atoms with Crippen molar-refractivity contribution in [2.24, 2.45) is 5.73 Å². The number of carbonyl (C=O) groups excluding carboxylic acids is 2. The number of anilines is 1. The second-order valence-corrected chi connectivity index (χ2v) is 3.98. The fourth-order valence-electron chi connectivity index (χ4n) is 1.56. The normalized spacial score (nSPS) is 10.1. The van der Waals surface area contributed by atoms with Crippen LogP contribution in [0.2, 0.25) is 0 Å². The summed E-state index contributed by atoms with van der Waals surface area (Å²) in [5.41, 5.74) is 6.52. The molecule has 0 atom stereocenters. The van der Waals surface area contributed by atoms with Crippen LogP contribution in [0.1, 0.15) is 0 Å². The van der Waals surface area contributed by atoms with E-state index in [1.165, 1.54) is 6.39 Å². The number of nitrogens with one attached hydrogen (secondary N) is 2. The molecule has 2 amide bonds. The Hall–Kier alpha value is -2.67. The zero-order valence-corrected chi connectivity index (χ0v) is 10.6. The molecule has 0 saturated carbocycles. The lowest BCUT2D eigenvalue weighted by Gasteiger charge is -2.07. The molecule has 0 unspecified atom stereocenters. The Bertz CT molecular complexity index is 595. The number of oxazole rings is 1. The molecule has 1 aromatic carbocycles. The first-order valence-electron chi connectivity index (χ1n) is 5.94. The summed E-state index contributed by atoms with van der Waals surface area (Å²) in [5, 5.41) is 5.06. The average Bonchev–Trinajstić information content (AvgIpc) is 2.99. The van der Waals surface area contributed by atoms with Crippen molar-refractivity contribution >= 4 is 17.5 Å². The predicted molar refractivity (Wildman–Crippen MR) is 72.6 cm³/mol. The molecule has 0 aliphatic rings. The van der Waals surface area contributed by atoms with E-state index >= 15 is 0 Å². The number of rotatable bonds is 5. The Morgan fingerprint density at radius 1 is 1.30 bits per heavy atom. The molecule has 20 heavy (non-hydrogen) atoms. The molecule has 1 heterocycles. The van der Waals surface area contributed by atoms with E-state index in [1.807, 2.05) is 6.07 Å². The molecule has 0 aliphatic carbocycles. The van der Waals surface area contributed by atoms with Gasteiger partial charge in [-0.1, -0.05) is 12.1 Å². The number of hydrogen-bond acceptors (Lipinski definition) is 5. The van der Waals surface area contributed by atoms with Gasteiger partial charge in [0.15, 0.2) is 12.2 Å². The van der Waals surface area contributed by atoms with Gasteiger partial charge < -0.3 is 20.8 Å². The zero-order chi connectivity index (χ0) is 14.4. The lowest BCUT2D eigenvalue weighted by atomic mass is 10.1. The zero-order valence-electron chi connectivity index (χ0n) is 10.6. The lowest BCUT2D eigenvalue weighted by Crippen LogP contribution is -2.36. The van der Waals surface area contributed by atoms with Crippen molar-refractivity contribution in [1.82, 2.24) is 10.3 Å². The van der Waals surface area contributed by atoms with Crippen molar-refractivity contribution in [2.75, 3.05) is 18.4 Å². The van der Waals surface area contributed by atoms with Gasteiger partial charge in [-0.05, 0) is 12.1 Å². The summed E-state index contributed by atoms with van der Waals surface area (Å²) in [5.74, 6) is -0.102. The van der Waals surface area contributed by atoms with Crippen molar-refractivity contribution in [3.8, 4) is 11.3 Å². The summed E-state index contributed by atoms with van der Waals surface area (Å²) in [6.07, 6.45) is 2.92. The smallest absolute Gasteiger partial charge is 0.243 e. The predicted octanol–water partition coefficient (Wildman–Crippen LogP) is 0.355. The molecule has 2 rings (SSSR count). The van der Waals surface area contributed by atoms with Crippen LogP contribution in [0, 0.1) is 0 Å². The van der Waals surface area contributed by atoms with Gasteiger partial charge in [0.25, 0.3) is 0 Å². The molecule has 7 heteroatoms. The molecular weight excluding hydrogens is 260 g/mol. The monoisotopic (exact) mass is 274 g/mol. The van der Waals surface area contributed by atoms with Crippen LogP contribution in [0.5, 0.6) is 0 Å². The molecule has 0 aliphatic heterocycles. The van der Waals surface area contributed by atoms with Crippen LogP contribution in [0.3, 0.4) is 0 Å². The molecular formula is C13H14N4O3. The number of hydrogen-bond donors (Lipinski definition) is 3. The third kappa shape index (κ3) is 3.66. The molecule has 2 aromatic rings. The lowest BCUT2D eigenvalue weighted by molar-refractivity contribution is -0.123. The van der Waals surface area contributed by atoms with Gasteiger partial charge in [0.2, 0.25) is 11.8 Å². The third-order valence-corrected chi connectivity index (χ3v) is 2.49. The van der Waals surface area contributed by atoms with Crippen molar-refractivity contribution in [3.63, 3.8) is 0 Å². The minimum atomic E-state index is -0.379. The number of carbonyl (C=O) groups is 2. The molecule has 4 N–H and O–H groups in total. The second kappa shape index (κ2) is 6.48. The van der Waals surface area contributed by atoms with Crippen LogP contribution in [0.15, 0.2) is 41.3 Å². The Balaban J connectivity index is 1.98. The molecule has 104 valence electrons. The molecule has 0 spiro atoms. The number of amides is 2. The molecule has 1 aromatic heterocycles. The minimum absolute atomic E-state index is 0.122. The Kier molecular flexibility index (Phi) is 4.46. The van der Waals surface area contributed by atoms with Gasteiger partial charge in [-0.25, -0.2) is 4.98 Å². The van der Waals surface area contributed by atoms with Gasteiger partial charge in [0.1, 0.15) is 0 Å². The van der Waals surface area contributed by atoms with E-state index in [4.69, 9.17) is 10.2 Å². The Morgan fingerprint density at radius 3 is 2.85 bits per heavy atom. The number of nitrogens with zero attached hydrogens (tertiary/aromatic N) is 1. The molecule has 0 fully saturated rings. The maximum atomic E-state index is 11.6. The van der Waals surface area contributed by atoms with E-state index in [0.717, 1.165) is 5.56 Å². The second-order valence-electron chi connectivity index (χ2n) is 3.98. The summed E-state index contributed by atoms with van der Waals surface area (Å²) in [4.78, 5) is 26.4. The van der Waals surface area contributed by atoms with Gasteiger partial charge in [0, 0.05) is 11.3 Å². The third-order valence-electron chi connectivity index (χ3n) is 2.49. The van der Waals surface area contributed by atoms with Gasteiger partial charge in [-0.3, -0.25) is 9.59 Å². The van der Waals surface area contributed by atoms with E-state index in [1.54, 1.807) is 24.4 Å². The molecule has 0 radical (unpaired) electrons. The summed E-state index contributed by atoms with van der Waals surface area (Å²) in [6, 6.07) is 7.12. The highest BCUT2D eigenvalue weighted by molar-refractivity contribution is 5.95. The summed E-state index contributed by atoms with van der Waals surface area (Å²) >= 11 is 0. The van der Waals surface area contributed by atoms with Gasteiger partial charge >= 0.3 is 0 Å². The molecule has 7 nitrogen and oxygen atoms in total. The maximum absolute atomic E-state index is 11.6. The SMILES string of the molecule is NCC(=O)NCC(=O)Nc1cccc(-c2cnco2)c1. The number of nitrogens with two attached hydrogens (primary N) is 1. The van der Waals surface area contributed by atoms with Crippen molar-refractivity contribution in [1.29, 1.82) is 0 Å².